The van der Waals surface area contributed by atoms with E-state index in [-0.39, 0.29) is 29.1 Å². The van der Waals surface area contributed by atoms with Gasteiger partial charge in [0, 0.05) is 25.3 Å². The van der Waals surface area contributed by atoms with E-state index in [0.717, 1.165) is 23.9 Å². The fourth-order valence-corrected chi connectivity index (χ4v) is 3.86. The maximum atomic E-state index is 12.1. The van der Waals surface area contributed by atoms with Crippen molar-refractivity contribution in [1.29, 1.82) is 5.26 Å². The van der Waals surface area contributed by atoms with Gasteiger partial charge in [-0.05, 0) is 44.9 Å². The molecule has 0 saturated carbocycles. The Morgan fingerprint density at radius 1 is 1.29 bits per heavy atom. The lowest BCUT2D eigenvalue weighted by Gasteiger charge is -2.32. The number of ether oxygens (including phenoxy) is 1. The van der Waals surface area contributed by atoms with E-state index >= 15 is 0 Å². The van der Waals surface area contributed by atoms with Crippen LogP contribution >= 0.6 is 11.6 Å². The van der Waals surface area contributed by atoms with Gasteiger partial charge < -0.3 is 19.5 Å². The molecule has 0 aliphatic carbocycles. The zero-order valence-corrected chi connectivity index (χ0v) is 18.0. The van der Waals surface area contributed by atoms with E-state index < -0.39 is 0 Å². The highest BCUT2D eigenvalue weighted by Crippen LogP contribution is 2.31. The largest absolute Gasteiger partial charge is 0.447 e. The van der Waals surface area contributed by atoms with Gasteiger partial charge in [-0.15, -0.1) is 0 Å². The summed E-state index contributed by atoms with van der Waals surface area (Å²) >= 11 is 5.89. The van der Waals surface area contributed by atoms with E-state index in [1.54, 1.807) is 17.0 Å². The van der Waals surface area contributed by atoms with Gasteiger partial charge in [-0.1, -0.05) is 11.6 Å². The van der Waals surface area contributed by atoms with Crippen LogP contribution in [-0.4, -0.2) is 49.7 Å². The molecule has 1 fully saturated rings. The highest BCUT2D eigenvalue weighted by Gasteiger charge is 2.26. The molecule has 3 aromatic rings. The molecule has 9 nitrogen and oxygen atoms in total. The Balaban J connectivity index is 1.54. The van der Waals surface area contributed by atoms with Crippen molar-refractivity contribution in [1.82, 2.24) is 24.4 Å². The number of fused-ring (bicyclic) bond motifs is 1. The molecule has 0 atom stereocenters. The molecule has 3 aromatic heterocycles. The molecule has 0 spiro atoms. The molecule has 1 aliphatic rings. The van der Waals surface area contributed by atoms with Gasteiger partial charge in [0.2, 0.25) is 0 Å². The molecular weight excluding hydrogens is 418 g/mol. The first-order chi connectivity index (χ1) is 15.0. The quantitative estimate of drug-likeness (QED) is 0.604. The Morgan fingerprint density at radius 2 is 2.06 bits per heavy atom. The van der Waals surface area contributed by atoms with Gasteiger partial charge in [0.1, 0.15) is 29.0 Å². The minimum atomic E-state index is -0.260. The van der Waals surface area contributed by atoms with E-state index in [4.69, 9.17) is 16.3 Å². The van der Waals surface area contributed by atoms with Gasteiger partial charge in [0.05, 0.1) is 17.2 Å². The van der Waals surface area contributed by atoms with Crippen LogP contribution in [0.5, 0.6) is 0 Å². The summed E-state index contributed by atoms with van der Waals surface area (Å²) in [6, 6.07) is 7.52. The van der Waals surface area contributed by atoms with Crippen LogP contribution in [0.25, 0.3) is 11.0 Å². The summed E-state index contributed by atoms with van der Waals surface area (Å²) in [5.41, 5.74) is 1.51. The van der Waals surface area contributed by atoms with Crippen LogP contribution in [0.2, 0.25) is 5.15 Å². The lowest BCUT2D eigenvalue weighted by Crippen LogP contribution is -2.40. The van der Waals surface area contributed by atoms with Crippen LogP contribution in [0, 0.1) is 11.3 Å². The number of piperidine rings is 1. The number of halogens is 1. The van der Waals surface area contributed by atoms with Crippen molar-refractivity contribution in [3.05, 3.63) is 41.6 Å². The number of carbonyl (C=O) groups is 1. The summed E-state index contributed by atoms with van der Waals surface area (Å²) in [5, 5.41) is 13.6. The zero-order chi connectivity index (χ0) is 22.0. The summed E-state index contributed by atoms with van der Waals surface area (Å²) in [6.07, 6.45) is 4.71. The fourth-order valence-electron chi connectivity index (χ4n) is 3.72. The van der Waals surface area contributed by atoms with Gasteiger partial charge >= 0.3 is 6.09 Å². The first-order valence-corrected chi connectivity index (χ1v) is 10.4. The van der Waals surface area contributed by atoms with Gasteiger partial charge in [-0.3, -0.25) is 0 Å². The first kappa shape index (κ1) is 20.9. The Bertz CT molecular complexity index is 1150. The number of carbonyl (C=O) groups excluding carboxylic acids is 1. The number of anilines is 2. The fraction of sp³-hybridized carbons (Fsp3) is 0.381. The van der Waals surface area contributed by atoms with Crippen molar-refractivity contribution >= 4 is 40.2 Å². The molecule has 0 aromatic carbocycles. The standard InChI is InChI=1S/C21H22ClN7O2/c1-13(2)31-21(30)28-8-5-14(6-9-28)29-10-7-15-19(24-12-25-20(15)29)27-16-3-4-18(22)26-17(16)11-23/h3-4,7,10,12-14H,5-6,8-9H2,1-2H3,(H,24,25,27). The second-order valence-electron chi connectivity index (χ2n) is 7.60. The van der Waals surface area contributed by atoms with Crippen molar-refractivity contribution in [2.45, 2.75) is 38.8 Å². The summed E-state index contributed by atoms with van der Waals surface area (Å²) < 4.78 is 7.42. The maximum absolute atomic E-state index is 12.1. The number of hydrogen-bond donors (Lipinski definition) is 1. The highest BCUT2D eigenvalue weighted by molar-refractivity contribution is 6.29. The van der Waals surface area contributed by atoms with Crippen molar-refractivity contribution in [3.63, 3.8) is 0 Å². The highest BCUT2D eigenvalue weighted by atomic mass is 35.5. The summed E-state index contributed by atoms with van der Waals surface area (Å²) in [5.74, 6) is 0.585. The molecular formula is C21H22ClN7O2. The molecule has 1 N–H and O–H groups in total. The summed E-state index contributed by atoms with van der Waals surface area (Å²) in [6.45, 7) is 4.96. The molecule has 160 valence electrons. The SMILES string of the molecule is CC(C)OC(=O)N1CCC(n2ccc3c(Nc4ccc(Cl)nc4C#N)ncnc32)CC1. The second-order valence-corrected chi connectivity index (χ2v) is 7.99. The number of amides is 1. The minimum absolute atomic E-state index is 0.126. The van der Waals surface area contributed by atoms with Gasteiger partial charge in [-0.2, -0.15) is 5.26 Å². The molecule has 4 heterocycles. The van der Waals surface area contributed by atoms with Gasteiger partial charge in [0.15, 0.2) is 5.69 Å². The van der Waals surface area contributed by atoms with Gasteiger partial charge in [-0.25, -0.2) is 19.7 Å². The number of nitriles is 1. The monoisotopic (exact) mass is 439 g/mol. The van der Waals surface area contributed by atoms with Crippen molar-refractivity contribution < 1.29 is 9.53 Å². The average molecular weight is 440 g/mol. The van der Waals surface area contributed by atoms with Crippen molar-refractivity contribution in [3.8, 4) is 6.07 Å². The normalized spacial score (nSPS) is 14.6. The molecule has 1 saturated heterocycles. The summed E-state index contributed by atoms with van der Waals surface area (Å²) in [7, 11) is 0. The Hall–Kier alpha value is -3.38. The molecule has 0 unspecified atom stereocenters. The third kappa shape index (κ3) is 4.39. The van der Waals surface area contributed by atoms with E-state index in [1.807, 2.05) is 32.2 Å². The Kier molecular flexibility index (Phi) is 5.91. The predicted octanol–water partition coefficient (Wildman–Crippen LogP) is 4.28. The molecule has 0 radical (unpaired) electrons. The second kappa shape index (κ2) is 8.78. The van der Waals surface area contributed by atoms with Crippen molar-refractivity contribution in [2.24, 2.45) is 0 Å². The summed E-state index contributed by atoms with van der Waals surface area (Å²) in [4.78, 5) is 26.7. The van der Waals surface area contributed by atoms with Crippen LogP contribution in [-0.2, 0) is 4.74 Å². The molecule has 0 bridgehead atoms. The number of rotatable bonds is 4. The van der Waals surface area contributed by atoms with Crippen LogP contribution in [0.4, 0.5) is 16.3 Å². The zero-order valence-electron chi connectivity index (χ0n) is 17.2. The number of pyridine rings is 1. The topological polar surface area (TPSA) is 109 Å². The first-order valence-electron chi connectivity index (χ1n) is 10.1. The van der Waals surface area contributed by atoms with Crippen LogP contribution in [0.3, 0.4) is 0 Å². The predicted molar refractivity (Wildman–Crippen MR) is 116 cm³/mol. The molecule has 10 heteroatoms. The number of nitrogens with zero attached hydrogens (tertiary/aromatic N) is 6. The molecule has 4 rings (SSSR count). The lowest BCUT2D eigenvalue weighted by molar-refractivity contribution is 0.0663. The number of nitrogens with one attached hydrogen (secondary N) is 1. The van der Waals surface area contributed by atoms with Crippen LogP contribution in [0.15, 0.2) is 30.7 Å². The number of aromatic nitrogens is 4. The molecule has 1 amide bonds. The van der Waals surface area contributed by atoms with Crippen molar-refractivity contribution in [2.75, 3.05) is 18.4 Å². The van der Waals surface area contributed by atoms with Crippen LogP contribution in [0.1, 0.15) is 38.4 Å². The van der Waals surface area contributed by atoms with E-state index in [2.05, 4.69) is 24.8 Å². The number of hydrogen-bond acceptors (Lipinski definition) is 7. The van der Waals surface area contributed by atoms with Crippen LogP contribution < -0.4 is 5.32 Å². The third-order valence-corrected chi connectivity index (χ3v) is 5.39. The Morgan fingerprint density at radius 3 is 2.77 bits per heavy atom. The minimum Gasteiger partial charge on any atom is -0.447 e. The average Bonchev–Trinajstić information content (AvgIpc) is 3.19. The molecule has 31 heavy (non-hydrogen) atoms. The third-order valence-electron chi connectivity index (χ3n) is 5.18. The smallest absolute Gasteiger partial charge is 0.410 e. The van der Waals surface area contributed by atoms with Gasteiger partial charge in [0.25, 0.3) is 0 Å². The Labute approximate surface area is 184 Å². The van der Waals surface area contributed by atoms with E-state index in [1.165, 1.54) is 6.33 Å². The molecule has 1 aliphatic heterocycles. The maximum Gasteiger partial charge on any atom is 0.410 e. The van der Waals surface area contributed by atoms with E-state index in [9.17, 15) is 10.1 Å². The van der Waals surface area contributed by atoms with E-state index in [0.29, 0.717) is 24.6 Å². The lowest BCUT2D eigenvalue weighted by atomic mass is 10.1. The number of likely N-dealkylation sites (tertiary alicyclic amines) is 1.